The first-order valence-corrected chi connectivity index (χ1v) is 15.7. The number of aryl methyl sites for hydroxylation is 2. The van der Waals surface area contributed by atoms with Crippen molar-refractivity contribution in [1.29, 1.82) is 0 Å². The Bertz CT molecular complexity index is 1510. The van der Waals surface area contributed by atoms with E-state index < -0.39 is 41.6 Å². The zero-order chi connectivity index (χ0) is 32.2. The Hall–Kier alpha value is -4.79. The summed E-state index contributed by atoms with van der Waals surface area (Å²) in [5.74, 6) is -2.85. The van der Waals surface area contributed by atoms with Gasteiger partial charge in [0.25, 0.3) is 5.91 Å². The van der Waals surface area contributed by atoms with Crippen molar-refractivity contribution in [3.63, 3.8) is 0 Å². The summed E-state index contributed by atoms with van der Waals surface area (Å²) >= 11 is 0. The van der Waals surface area contributed by atoms with E-state index >= 15 is 0 Å². The predicted molar refractivity (Wildman–Crippen MR) is 173 cm³/mol. The molecule has 3 aromatic rings. The van der Waals surface area contributed by atoms with Crippen LogP contribution in [-0.4, -0.2) is 47.5 Å². The third kappa shape index (κ3) is 9.86. The maximum absolute atomic E-state index is 13.7. The highest BCUT2D eigenvalue weighted by Crippen LogP contribution is 2.23. The minimum Gasteiger partial charge on any atom is -0.345 e. The van der Waals surface area contributed by atoms with Gasteiger partial charge in [-0.05, 0) is 60.4 Å². The summed E-state index contributed by atoms with van der Waals surface area (Å²) in [5.41, 5.74) is 4.89. The lowest BCUT2D eigenvalue weighted by atomic mass is 9.96. The minimum atomic E-state index is -1.04. The van der Waals surface area contributed by atoms with Crippen LogP contribution in [0.1, 0.15) is 62.6 Å². The molecule has 0 fully saturated rings. The van der Waals surface area contributed by atoms with Gasteiger partial charge in [0.2, 0.25) is 23.5 Å². The van der Waals surface area contributed by atoms with Gasteiger partial charge >= 0.3 is 0 Å². The van der Waals surface area contributed by atoms with E-state index in [-0.39, 0.29) is 31.7 Å². The number of Topliss-reactive ketones (excluding diaryl/α,β-unsaturated/α-hetero) is 1. The quantitative estimate of drug-likeness (QED) is 0.274. The Morgan fingerprint density at radius 1 is 0.844 bits per heavy atom. The molecule has 3 unspecified atom stereocenters. The van der Waals surface area contributed by atoms with Crippen LogP contribution >= 0.6 is 0 Å². The van der Waals surface area contributed by atoms with Crippen LogP contribution in [0.25, 0.3) is 11.1 Å². The Labute approximate surface area is 264 Å². The summed E-state index contributed by atoms with van der Waals surface area (Å²) < 4.78 is 0. The van der Waals surface area contributed by atoms with Gasteiger partial charge in [-0.25, -0.2) is 0 Å². The molecule has 0 saturated heterocycles. The van der Waals surface area contributed by atoms with Crippen molar-refractivity contribution in [1.82, 2.24) is 21.3 Å². The number of amides is 4. The lowest BCUT2D eigenvalue weighted by Crippen LogP contribution is -2.56. The highest BCUT2D eigenvalue weighted by atomic mass is 16.2. The Morgan fingerprint density at radius 3 is 2.18 bits per heavy atom. The topological polar surface area (TPSA) is 133 Å². The van der Waals surface area contributed by atoms with Crippen molar-refractivity contribution in [3.05, 3.63) is 95.6 Å². The highest BCUT2D eigenvalue weighted by molar-refractivity contribution is 6.38. The first-order chi connectivity index (χ1) is 21.7. The van der Waals surface area contributed by atoms with E-state index in [0.29, 0.717) is 19.3 Å². The molecule has 236 valence electrons. The predicted octanol–water partition coefficient (Wildman–Crippen LogP) is 3.78. The van der Waals surface area contributed by atoms with Crippen LogP contribution in [0, 0.1) is 0 Å². The van der Waals surface area contributed by atoms with E-state index in [4.69, 9.17) is 0 Å². The van der Waals surface area contributed by atoms with E-state index in [2.05, 4.69) is 33.4 Å². The molecule has 0 radical (unpaired) electrons. The molecule has 0 aromatic heterocycles. The largest absolute Gasteiger partial charge is 0.345 e. The highest BCUT2D eigenvalue weighted by Gasteiger charge is 2.31. The van der Waals surface area contributed by atoms with Gasteiger partial charge in [0, 0.05) is 13.0 Å². The molecule has 0 spiro atoms. The molecule has 9 nitrogen and oxygen atoms in total. The van der Waals surface area contributed by atoms with Crippen LogP contribution in [0.15, 0.2) is 78.9 Å². The zero-order valence-corrected chi connectivity index (χ0v) is 25.9. The number of rotatable bonds is 9. The summed E-state index contributed by atoms with van der Waals surface area (Å²) in [6, 6.07) is 22.3. The number of fused-ring (bicyclic) bond motifs is 5. The minimum absolute atomic E-state index is 0.186. The van der Waals surface area contributed by atoms with Crippen LogP contribution in [-0.2, 0) is 43.4 Å². The maximum Gasteiger partial charge on any atom is 0.289 e. The molecule has 0 aliphatic carbocycles. The van der Waals surface area contributed by atoms with Gasteiger partial charge in [-0.3, -0.25) is 24.0 Å². The van der Waals surface area contributed by atoms with Crippen molar-refractivity contribution in [2.75, 3.05) is 0 Å². The molecule has 9 heteroatoms. The fourth-order valence-corrected chi connectivity index (χ4v) is 5.30. The van der Waals surface area contributed by atoms with Gasteiger partial charge in [-0.1, -0.05) is 98.6 Å². The van der Waals surface area contributed by atoms with Crippen LogP contribution in [0.4, 0.5) is 0 Å². The van der Waals surface area contributed by atoms with E-state index in [1.54, 1.807) is 6.92 Å². The second-order valence-electron chi connectivity index (χ2n) is 11.5. The molecule has 3 aromatic carbocycles. The summed E-state index contributed by atoms with van der Waals surface area (Å²) in [6.45, 7) is 3.71. The van der Waals surface area contributed by atoms with Gasteiger partial charge in [0.15, 0.2) is 0 Å². The second-order valence-corrected chi connectivity index (χ2v) is 11.5. The van der Waals surface area contributed by atoms with E-state index in [1.807, 2.05) is 73.7 Å². The molecular weight excluding hydrogens is 568 g/mol. The summed E-state index contributed by atoms with van der Waals surface area (Å²) in [5, 5.41) is 10.9. The van der Waals surface area contributed by atoms with Crippen LogP contribution in [0.2, 0.25) is 0 Å². The summed E-state index contributed by atoms with van der Waals surface area (Å²) in [6.07, 6.45) is 3.12. The number of carbonyl (C=O) groups is 5. The fourth-order valence-electron chi connectivity index (χ4n) is 5.30. The van der Waals surface area contributed by atoms with Gasteiger partial charge in [-0.2, -0.15) is 0 Å². The Morgan fingerprint density at radius 2 is 1.51 bits per heavy atom. The normalized spacial score (nSPS) is 17.7. The SMILES string of the molecule is CCCCC(NC(=O)C1CCc2cccc(c2)-c2cccc(c2)CCC(=O)NC(C)C(=O)N1)C(=O)C(=O)NCc1ccccc1. The van der Waals surface area contributed by atoms with Gasteiger partial charge in [-0.15, -0.1) is 0 Å². The molecule has 1 aliphatic heterocycles. The first kappa shape index (κ1) is 33.1. The lowest BCUT2D eigenvalue weighted by Gasteiger charge is -2.24. The Balaban J connectivity index is 1.53. The third-order valence-corrected chi connectivity index (χ3v) is 7.95. The lowest BCUT2D eigenvalue weighted by molar-refractivity contribution is -0.140. The van der Waals surface area contributed by atoms with Crippen LogP contribution in [0.3, 0.4) is 0 Å². The van der Waals surface area contributed by atoms with Gasteiger partial charge in [0.05, 0.1) is 6.04 Å². The molecule has 4 rings (SSSR count). The average molecular weight is 611 g/mol. The molecule has 4 bridgehead atoms. The van der Waals surface area contributed by atoms with Crippen molar-refractivity contribution in [2.24, 2.45) is 0 Å². The average Bonchev–Trinajstić information content (AvgIpc) is 3.06. The standard InChI is InChI=1S/C36H42N4O5/c1-3-4-16-30(33(42)36(45)37-23-27-10-6-5-7-11-27)39-35(44)31-19-17-25-12-8-14-28(21-25)29-15-9-13-26(22-29)18-20-32(41)38-24(2)34(43)40-31/h5-15,21-22,24,30-31H,3-4,16-20,23H2,1-2H3,(H,37,45)(H,38,41)(H,39,44)(H,40,43). The molecule has 3 atom stereocenters. The number of ketones is 1. The molecular formula is C36H42N4O5. The molecule has 4 N–H and O–H groups in total. The second kappa shape index (κ2) is 16.3. The smallest absolute Gasteiger partial charge is 0.289 e. The molecule has 1 heterocycles. The number of carbonyl (C=O) groups excluding carboxylic acids is 5. The van der Waals surface area contributed by atoms with E-state index in [0.717, 1.165) is 34.2 Å². The number of nitrogens with one attached hydrogen (secondary N) is 4. The van der Waals surface area contributed by atoms with E-state index in [9.17, 15) is 24.0 Å². The van der Waals surface area contributed by atoms with Crippen molar-refractivity contribution in [2.45, 2.75) is 83.5 Å². The molecule has 0 saturated carbocycles. The fraction of sp³-hybridized carbons (Fsp3) is 0.361. The third-order valence-electron chi connectivity index (χ3n) is 7.95. The van der Waals surface area contributed by atoms with E-state index in [1.165, 1.54) is 0 Å². The molecule has 1 aliphatic rings. The summed E-state index contributed by atoms with van der Waals surface area (Å²) in [7, 11) is 0. The van der Waals surface area contributed by atoms with Gasteiger partial charge in [0.1, 0.15) is 12.1 Å². The number of hydrogen-bond donors (Lipinski definition) is 4. The van der Waals surface area contributed by atoms with Crippen molar-refractivity contribution >= 4 is 29.4 Å². The molecule has 45 heavy (non-hydrogen) atoms. The van der Waals surface area contributed by atoms with Crippen molar-refractivity contribution < 1.29 is 24.0 Å². The first-order valence-electron chi connectivity index (χ1n) is 15.7. The number of hydrogen-bond acceptors (Lipinski definition) is 5. The van der Waals surface area contributed by atoms with Crippen molar-refractivity contribution in [3.8, 4) is 11.1 Å². The van der Waals surface area contributed by atoms with Crippen LogP contribution < -0.4 is 21.3 Å². The number of unbranched alkanes of at least 4 members (excludes halogenated alkanes) is 1. The van der Waals surface area contributed by atoms with Crippen LogP contribution in [0.5, 0.6) is 0 Å². The Kier molecular flexibility index (Phi) is 12.0. The maximum atomic E-state index is 13.7. The number of benzene rings is 3. The van der Waals surface area contributed by atoms with Gasteiger partial charge < -0.3 is 21.3 Å². The molecule has 4 amide bonds. The zero-order valence-electron chi connectivity index (χ0n) is 25.9. The summed E-state index contributed by atoms with van der Waals surface area (Å²) in [4.78, 5) is 65.5. The monoisotopic (exact) mass is 610 g/mol.